The Morgan fingerprint density at radius 1 is 1.22 bits per heavy atom. The molecule has 0 aromatic carbocycles. The highest BCUT2D eigenvalue weighted by atomic mass is 16.5. The van der Waals surface area contributed by atoms with E-state index in [1.807, 2.05) is 0 Å². The van der Waals surface area contributed by atoms with Gasteiger partial charge in [0.15, 0.2) is 17.0 Å². The van der Waals surface area contributed by atoms with Gasteiger partial charge in [0.2, 0.25) is 11.8 Å². The second kappa shape index (κ2) is 7.97. The molecule has 11 heteroatoms. The molecule has 0 spiro atoms. The van der Waals surface area contributed by atoms with E-state index in [4.69, 9.17) is 10.5 Å². The number of nitrogen functional groups attached to an aromatic ring is 1. The molecule has 2 aliphatic carbocycles. The molecule has 0 radical (unpaired) electrons. The first kappa shape index (κ1) is 20.6. The normalized spacial score (nSPS) is 19.1. The first-order valence-electron chi connectivity index (χ1n) is 10.9. The van der Waals surface area contributed by atoms with E-state index in [-0.39, 0.29) is 29.0 Å². The molecule has 4 N–H and O–H groups in total. The number of fused-ring (bicyclic) bond motifs is 1. The van der Waals surface area contributed by atoms with Crippen molar-refractivity contribution in [2.24, 2.45) is 5.92 Å². The summed E-state index contributed by atoms with van der Waals surface area (Å²) in [6.45, 7) is 2.39. The molecule has 170 valence electrons. The van der Waals surface area contributed by atoms with Crippen molar-refractivity contribution in [3.8, 4) is 5.88 Å². The van der Waals surface area contributed by atoms with E-state index in [9.17, 15) is 19.5 Å². The molecule has 2 amide bonds. The van der Waals surface area contributed by atoms with Crippen molar-refractivity contribution in [1.29, 1.82) is 0 Å². The van der Waals surface area contributed by atoms with Crippen LogP contribution in [0.3, 0.4) is 0 Å². The molecule has 3 heterocycles. The van der Waals surface area contributed by atoms with E-state index in [1.54, 1.807) is 4.90 Å². The van der Waals surface area contributed by atoms with E-state index < -0.39 is 17.3 Å². The van der Waals surface area contributed by atoms with E-state index in [0.717, 1.165) is 30.2 Å². The Bertz CT molecular complexity index is 1170. The van der Waals surface area contributed by atoms with Crippen LogP contribution < -0.4 is 16.6 Å². The van der Waals surface area contributed by atoms with E-state index >= 15 is 0 Å². The third-order valence-electron chi connectivity index (χ3n) is 6.06. The van der Waals surface area contributed by atoms with Gasteiger partial charge < -0.3 is 25.8 Å². The number of nitrogens with two attached hydrogens (primary N) is 1. The number of carbonyl (C=O) groups is 2. The van der Waals surface area contributed by atoms with Gasteiger partial charge in [0.05, 0.1) is 18.8 Å². The van der Waals surface area contributed by atoms with Crippen molar-refractivity contribution >= 4 is 29.4 Å². The summed E-state index contributed by atoms with van der Waals surface area (Å²) in [6, 6.07) is 0.0289. The quantitative estimate of drug-likeness (QED) is 0.532. The SMILES string of the molecule is Nc1nn2c(=O)c(C(=O)NC3CC3)c(O)n(CC3CC3)c2c1C=CC(=O)N1CCOCC1. The van der Waals surface area contributed by atoms with Gasteiger partial charge in [-0.3, -0.25) is 19.0 Å². The Kier molecular flexibility index (Phi) is 5.12. The number of hydrogen-bond donors (Lipinski definition) is 3. The number of nitrogens with zero attached hydrogens (tertiary/aromatic N) is 4. The number of hydrogen-bond acceptors (Lipinski definition) is 7. The van der Waals surface area contributed by atoms with Crippen LogP contribution in [-0.4, -0.2) is 68.3 Å². The van der Waals surface area contributed by atoms with Crippen molar-refractivity contribution in [2.45, 2.75) is 38.3 Å². The van der Waals surface area contributed by atoms with Crippen LogP contribution in [0.15, 0.2) is 10.9 Å². The second-order valence-corrected chi connectivity index (χ2v) is 8.61. The minimum absolute atomic E-state index is 0.0289. The summed E-state index contributed by atoms with van der Waals surface area (Å²) in [5, 5.41) is 17.9. The molecule has 11 nitrogen and oxygen atoms in total. The molecule has 5 rings (SSSR count). The summed E-state index contributed by atoms with van der Waals surface area (Å²) in [5.41, 5.74) is 5.65. The Hall–Kier alpha value is -3.34. The largest absolute Gasteiger partial charge is 0.494 e. The van der Waals surface area contributed by atoms with Gasteiger partial charge in [-0.05, 0) is 37.7 Å². The number of anilines is 1. The van der Waals surface area contributed by atoms with Crippen LogP contribution in [-0.2, 0) is 16.1 Å². The summed E-state index contributed by atoms with van der Waals surface area (Å²) in [5.74, 6) is -0.851. The summed E-state index contributed by atoms with van der Waals surface area (Å²) in [4.78, 5) is 40.0. The van der Waals surface area contributed by atoms with Crippen LogP contribution in [0, 0.1) is 5.92 Å². The lowest BCUT2D eigenvalue weighted by Crippen LogP contribution is -2.39. The minimum Gasteiger partial charge on any atom is -0.494 e. The van der Waals surface area contributed by atoms with Gasteiger partial charge in [-0.1, -0.05) is 0 Å². The monoisotopic (exact) mass is 442 g/mol. The molecule has 0 unspecified atom stereocenters. The van der Waals surface area contributed by atoms with Crippen molar-refractivity contribution in [3.63, 3.8) is 0 Å². The molecule has 3 fully saturated rings. The molecule has 0 bridgehead atoms. The first-order chi connectivity index (χ1) is 15.4. The molecule has 2 aromatic rings. The van der Waals surface area contributed by atoms with Gasteiger partial charge in [0.1, 0.15) is 0 Å². The topological polar surface area (TPSA) is 144 Å². The Morgan fingerprint density at radius 3 is 2.59 bits per heavy atom. The number of aromatic nitrogens is 3. The van der Waals surface area contributed by atoms with Crippen LogP contribution in [0.4, 0.5) is 5.82 Å². The standard InChI is InChI=1S/C21H26N6O5/c22-17-14(5-6-15(28)25-7-9-32-10-8-25)19-26(11-12-1-2-12)20(30)16(21(31)27(19)24-17)18(29)23-13-3-4-13/h5-6,12-13,30H,1-4,7-11H2,(H2,22,24)(H,23,29). The Morgan fingerprint density at radius 2 is 1.94 bits per heavy atom. The number of morpholine rings is 1. The van der Waals surface area contributed by atoms with E-state index in [0.29, 0.717) is 44.3 Å². The van der Waals surface area contributed by atoms with E-state index in [1.165, 1.54) is 16.7 Å². The Balaban J connectivity index is 1.58. The number of nitrogens with one attached hydrogen (secondary N) is 1. The average Bonchev–Trinajstić information content (AvgIpc) is 3.71. The van der Waals surface area contributed by atoms with Crippen molar-refractivity contribution in [1.82, 2.24) is 24.4 Å². The van der Waals surface area contributed by atoms with Gasteiger partial charge in [0, 0.05) is 31.8 Å². The van der Waals surface area contributed by atoms with Crippen LogP contribution in [0.2, 0.25) is 0 Å². The lowest BCUT2D eigenvalue weighted by Gasteiger charge is -2.25. The summed E-state index contributed by atoms with van der Waals surface area (Å²) in [7, 11) is 0. The minimum atomic E-state index is -0.742. The van der Waals surface area contributed by atoms with Gasteiger partial charge in [0.25, 0.3) is 11.5 Å². The van der Waals surface area contributed by atoms with Crippen molar-refractivity contribution in [3.05, 3.63) is 27.6 Å². The maximum absolute atomic E-state index is 13.1. The zero-order valence-corrected chi connectivity index (χ0v) is 17.6. The van der Waals surface area contributed by atoms with Crippen LogP contribution in [0.5, 0.6) is 5.88 Å². The third-order valence-corrected chi connectivity index (χ3v) is 6.06. The van der Waals surface area contributed by atoms with Gasteiger partial charge in [-0.2, -0.15) is 4.52 Å². The van der Waals surface area contributed by atoms with Crippen LogP contribution in [0.1, 0.15) is 41.6 Å². The maximum atomic E-state index is 13.1. The lowest BCUT2D eigenvalue weighted by molar-refractivity contribution is -0.129. The highest BCUT2D eigenvalue weighted by Crippen LogP contribution is 2.34. The van der Waals surface area contributed by atoms with Gasteiger partial charge >= 0.3 is 0 Å². The molecule has 0 atom stereocenters. The zero-order chi connectivity index (χ0) is 22.4. The summed E-state index contributed by atoms with van der Waals surface area (Å²) >= 11 is 0. The predicted molar refractivity (Wildman–Crippen MR) is 115 cm³/mol. The lowest BCUT2D eigenvalue weighted by atomic mass is 10.2. The Labute approximate surface area is 183 Å². The number of amides is 2. The van der Waals surface area contributed by atoms with Crippen LogP contribution >= 0.6 is 0 Å². The van der Waals surface area contributed by atoms with Crippen LogP contribution in [0.25, 0.3) is 11.7 Å². The predicted octanol–water partition coefficient (Wildman–Crippen LogP) is -0.0420. The molecule has 3 aliphatic rings. The number of ether oxygens (including phenoxy) is 1. The fourth-order valence-electron chi connectivity index (χ4n) is 3.89. The maximum Gasteiger partial charge on any atom is 0.291 e. The number of aromatic hydroxyl groups is 1. The molecular formula is C21H26N6O5. The first-order valence-corrected chi connectivity index (χ1v) is 10.9. The molecule has 1 aliphatic heterocycles. The molecule has 2 saturated carbocycles. The van der Waals surface area contributed by atoms with Gasteiger partial charge in [-0.15, -0.1) is 5.10 Å². The highest BCUT2D eigenvalue weighted by molar-refractivity contribution is 5.97. The molecule has 32 heavy (non-hydrogen) atoms. The van der Waals surface area contributed by atoms with Gasteiger partial charge in [-0.25, -0.2) is 0 Å². The number of carbonyl (C=O) groups excluding carboxylic acids is 2. The molecule has 2 aromatic heterocycles. The fourth-order valence-corrected chi connectivity index (χ4v) is 3.89. The van der Waals surface area contributed by atoms with E-state index in [2.05, 4.69) is 10.4 Å². The third kappa shape index (κ3) is 3.83. The average molecular weight is 442 g/mol. The molecular weight excluding hydrogens is 416 g/mol. The van der Waals surface area contributed by atoms with Crippen molar-refractivity contribution < 1.29 is 19.4 Å². The highest BCUT2D eigenvalue weighted by Gasteiger charge is 2.32. The fraction of sp³-hybridized carbons (Fsp3) is 0.524. The molecule has 1 saturated heterocycles. The summed E-state index contributed by atoms with van der Waals surface area (Å²) in [6.07, 6.45) is 6.59. The summed E-state index contributed by atoms with van der Waals surface area (Å²) < 4.78 is 7.84. The smallest absolute Gasteiger partial charge is 0.291 e. The second-order valence-electron chi connectivity index (χ2n) is 8.61. The number of rotatable bonds is 6. The zero-order valence-electron chi connectivity index (χ0n) is 17.6. The van der Waals surface area contributed by atoms with Crippen molar-refractivity contribution in [2.75, 3.05) is 32.0 Å².